The van der Waals surface area contributed by atoms with Gasteiger partial charge in [0.15, 0.2) is 0 Å². The molecule has 0 heterocycles. The standard InChI is InChI=1S/C16H32N2O2/c1-4-11-17-16(3,15(19)20)10-6-7-13-18(12-5-2)14-8-9-14/h14,17H,4-13H2,1-3H3,(H,19,20). The molecule has 4 heteroatoms. The van der Waals surface area contributed by atoms with Crippen LogP contribution < -0.4 is 5.32 Å². The summed E-state index contributed by atoms with van der Waals surface area (Å²) >= 11 is 0. The minimum atomic E-state index is -0.759. The topological polar surface area (TPSA) is 52.6 Å². The highest BCUT2D eigenvalue weighted by Gasteiger charge is 2.32. The fourth-order valence-corrected chi connectivity index (χ4v) is 2.67. The van der Waals surface area contributed by atoms with E-state index in [4.69, 9.17) is 0 Å². The molecule has 0 aromatic carbocycles. The van der Waals surface area contributed by atoms with Crippen molar-refractivity contribution in [2.75, 3.05) is 19.6 Å². The fourth-order valence-electron chi connectivity index (χ4n) is 2.67. The molecule has 0 spiro atoms. The van der Waals surface area contributed by atoms with Crippen LogP contribution in [-0.2, 0) is 4.79 Å². The first kappa shape index (κ1) is 17.4. The van der Waals surface area contributed by atoms with Gasteiger partial charge in [0.25, 0.3) is 0 Å². The monoisotopic (exact) mass is 284 g/mol. The first-order valence-electron chi connectivity index (χ1n) is 8.26. The normalized spacial score (nSPS) is 18.2. The number of nitrogens with one attached hydrogen (secondary N) is 1. The molecule has 0 radical (unpaired) electrons. The minimum Gasteiger partial charge on any atom is -0.480 e. The molecule has 1 aliphatic rings. The number of aliphatic carboxylic acids is 1. The molecular weight excluding hydrogens is 252 g/mol. The first-order valence-corrected chi connectivity index (χ1v) is 8.26. The number of carboxylic acid groups (broad SMARTS) is 1. The Morgan fingerprint density at radius 1 is 1.25 bits per heavy atom. The lowest BCUT2D eigenvalue weighted by Crippen LogP contribution is -2.49. The van der Waals surface area contributed by atoms with Crippen LogP contribution in [0.3, 0.4) is 0 Å². The van der Waals surface area contributed by atoms with Crippen molar-refractivity contribution < 1.29 is 9.90 Å². The first-order chi connectivity index (χ1) is 9.53. The Morgan fingerprint density at radius 3 is 2.45 bits per heavy atom. The summed E-state index contributed by atoms with van der Waals surface area (Å²) in [5.74, 6) is -0.724. The molecule has 1 aliphatic carbocycles. The van der Waals surface area contributed by atoms with E-state index in [1.807, 2.05) is 6.92 Å². The highest BCUT2D eigenvalue weighted by molar-refractivity contribution is 5.78. The number of hydrogen-bond acceptors (Lipinski definition) is 3. The van der Waals surface area contributed by atoms with Crippen molar-refractivity contribution in [3.63, 3.8) is 0 Å². The zero-order valence-corrected chi connectivity index (χ0v) is 13.5. The SMILES string of the molecule is CCCNC(C)(CCCCN(CCC)C1CC1)C(=O)O. The molecule has 20 heavy (non-hydrogen) atoms. The summed E-state index contributed by atoms with van der Waals surface area (Å²) < 4.78 is 0. The van der Waals surface area contributed by atoms with Crippen LogP contribution in [0.1, 0.15) is 65.7 Å². The predicted octanol–water partition coefficient (Wildman–Crippen LogP) is 2.87. The van der Waals surface area contributed by atoms with E-state index >= 15 is 0 Å². The number of nitrogens with zero attached hydrogens (tertiary/aromatic N) is 1. The van der Waals surface area contributed by atoms with Crippen molar-refractivity contribution in [1.29, 1.82) is 0 Å². The van der Waals surface area contributed by atoms with E-state index in [1.54, 1.807) is 0 Å². The van der Waals surface area contributed by atoms with Gasteiger partial charge >= 0.3 is 5.97 Å². The van der Waals surface area contributed by atoms with Crippen LogP contribution in [0.4, 0.5) is 0 Å². The molecule has 0 aliphatic heterocycles. The van der Waals surface area contributed by atoms with Gasteiger partial charge in [-0.05, 0) is 71.5 Å². The number of carbonyl (C=O) groups is 1. The van der Waals surface area contributed by atoms with Crippen molar-refractivity contribution in [1.82, 2.24) is 10.2 Å². The number of hydrogen-bond donors (Lipinski definition) is 2. The van der Waals surface area contributed by atoms with Gasteiger partial charge in [0.2, 0.25) is 0 Å². The molecule has 2 N–H and O–H groups in total. The van der Waals surface area contributed by atoms with E-state index in [9.17, 15) is 9.90 Å². The van der Waals surface area contributed by atoms with Crippen molar-refractivity contribution in [3.8, 4) is 0 Å². The second-order valence-corrected chi connectivity index (χ2v) is 6.29. The van der Waals surface area contributed by atoms with Gasteiger partial charge in [0.1, 0.15) is 5.54 Å². The molecule has 0 amide bonds. The Kier molecular flexibility index (Phi) is 7.52. The van der Waals surface area contributed by atoms with E-state index in [0.717, 1.165) is 38.4 Å². The van der Waals surface area contributed by atoms with Gasteiger partial charge in [0.05, 0.1) is 0 Å². The Hall–Kier alpha value is -0.610. The molecule has 1 unspecified atom stereocenters. The van der Waals surface area contributed by atoms with E-state index in [1.165, 1.54) is 25.8 Å². The quantitative estimate of drug-likeness (QED) is 0.541. The zero-order valence-electron chi connectivity index (χ0n) is 13.5. The van der Waals surface area contributed by atoms with Crippen LogP contribution >= 0.6 is 0 Å². The number of rotatable bonds is 12. The molecule has 0 bridgehead atoms. The highest BCUT2D eigenvalue weighted by atomic mass is 16.4. The largest absolute Gasteiger partial charge is 0.480 e. The summed E-state index contributed by atoms with van der Waals surface area (Å²) in [4.78, 5) is 14.0. The van der Waals surface area contributed by atoms with Gasteiger partial charge in [-0.2, -0.15) is 0 Å². The van der Waals surface area contributed by atoms with Gasteiger partial charge in [0, 0.05) is 6.04 Å². The van der Waals surface area contributed by atoms with E-state index < -0.39 is 11.5 Å². The van der Waals surface area contributed by atoms with Crippen LogP contribution in [0.2, 0.25) is 0 Å². The van der Waals surface area contributed by atoms with Crippen LogP contribution in [0.15, 0.2) is 0 Å². The zero-order chi connectivity index (χ0) is 15.0. The Morgan fingerprint density at radius 2 is 1.95 bits per heavy atom. The second kappa shape index (κ2) is 8.63. The van der Waals surface area contributed by atoms with Crippen LogP contribution in [0.5, 0.6) is 0 Å². The van der Waals surface area contributed by atoms with Crippen molar-refractivity contribution in [2.45, 2.75) is 77.3 Å². The van der Waals surface area contributed by atoms with Gasteiger partial charge in [-0.15, -0.1) is 0 Å². The van der Waals surface area contributed by atoms with Gasteiger partial charge in [-0.3, -0.25) is 4.79 Å². The lowest BCUT2D eigenvalue weighted by molar-refractivity contribution is -0.144. The van der Waals surface area contributed by atoms with Crippen LogP contribution in [-0.4, -0.2) is 47.2 Å². The number of unbranched alkanes of at least 4 members (excludes halogenated alkanes) is 1. The molecule has 1 rings (SSSR count). The molecule has 1 saturated carbocycles. The third-order valence-corrected chi connectivity index (χ3v) is 4.18. The molecule has 0 saturated heterocycles. The Balaban J connectivity index is 2.27. The maximum atomic E-state index is 11.4. The molecule has 0 aromatic heterocycles. The van der Waals surface area contributed by atoms with E-state index in [0.29, 0.717) is 6.42 Å². The fraction of sp³-hybridized carbons (Fsp3) is 0.938. The molecule has 0 aromatic rings. The molecule has 4 nitrogen and oxygen atoms in total. The van der Waals surface area contributed by atoms with Crippen molar-refractivity contribution in [3.05, 3.63) is 0 Å². The minimum absolute atomic E-state index is 0.715. The molecule has 118 valence electrons. The Labute approximate surface area is 123 Å². The van der Waals surface area contributed by atoms with Gasteiger partial charge in [-0.1, -0.05) is 13.8 Å². The summed E-state index contributed by atoms with van der Waals surface area (Å²) in [6, 6.07) is 0.819. The Bertz CT molecular complexity index is 292. The van der Waals surface area contributed by atoms with Crippen molar-refractivity contribution >= 4 is 5.97 Å². The van der Waals surface area contributed by atoms with Crippen LogP contribution in [0.25, 0.3) is 0 Å². The van der Waals surface area contributed by atoms with Gasteiger partial charge < -0.3 is 15.3 Å². The van der Waals surface area contributed by atoms with Crippen molar-refractivity contribution in [2.24, 2.45) is 0 Å². The lowest BCUT2D eigenvalue weighted by atomic mass is 9.94. The summed E-state index contributed by atoms with van der Waals surface area (Å²) in [5, 5.41) is 12.6. The van der Waals surface area contributed by atoms with E-state index in [2.05, 4.69) is 24.1 Å². The summed E-state index contributed by atoms with van der Waals surface area (Å²) in [6.45, 7) is 9.19. The number of carboxylic acids is 1. The average Bonchev–Trinajstić information content (AvgIpc) is 3.24. The second-order valence-electron chi connectivity index (χ2n) is 6.29. The smallest absolute Gasteiger partial charge is 0.323 e. The maximum Gasteiger partial charge on any atom is 0.323 e. The molecule has 1 atom stereocenters. The van der Waals surface area contributed by atoms with E-state index in [-0.39, 0.29) is 0 Å². The predicted molar refractivity (Wildman–Crippen MR) is 83.1 cm³/mol. The average molecular weight is 284 g/mol. The summed E-state index contributed by atoms with van der Waals surface area (Å²) in [5.41, 5.74) is -0.759. The highest BCUT2D eigenvalue weighted by Crippen LogP contribution is 2.27. The third-order valence-electron chi connectivity index (χ3n) is 4.18. The maximum absolute atomic E-state index is 11.4. The molecular formula is C16H32N2O2. The molecule has 1 fully saturated rings. The van der Waals surface area contributed by atoms with Gasteiger partial charge in [-0.25, -0.2) is 0 Å². The summed E-state index contributed by atoms with van der Waals surface area (Å²) in [6.07, 6.45) is 7.68. The lowest BCUT2D eigenvalue weighted by Gasteiger charge is -2.27. The third kappa shape index (κ3) is 5.80. The van der Waals surface area contributed by atoms with Crippen LogP contribution in [0, 0.1) is 0 Å². The summed E-state index contributed by atoms with van der Waals surface area (Å²) in [7, 11) is 0.